The van der Waals surface area contributed by atoms with Crippen molar-refractivity contribution in [2.75, 3.05) is 33.2 Å². The fourth-order valence-corrected chi connectivity index (χ4v) is 4.43. The lowest BCUT2D eigenvalue weighted by Gasteiger charge is -2.39. The van der Waals surface area contributed by atoms with Crippen molar-refractivity contribution in [3.63, 3.8) is 0 Å². The minimum absolute atomic E-state index is 0.00934. The molecule has 3 N–H and O–H groups in total. The first-order valence-electron chi connectivity index (χ1n) is 9.52. The first-order chi connectivity index (χ1) is 12.6. The summed E-state index contributed by atoms with van der Waals surface area (Å²) < 4.78 is 1.87. The zero-order valence-corrected chi connectivity index (χ0v) is 15.3. The molecule has 1 unspecified atom stereocenters. The quantitative estimate of drug-likeness (QED) is 0.863. The second kappa shape index (κ2) is 6.89. The van der Waals surface area contributed by atoms with Crippen LogP contribution in [0.2, 0.25) is 0 Å². The molecule has 1 aliphatic carbocycles. The van der Waals surface area contributed by atoms with Crippen LogP contribution in [-0.4, -0.2) is 64.5 Å². The number of hydrogen-bond acceptors (Lipinski definition) is 4. The predicted octanol–water partition coefficient (Wildman–Crippen LogP) is 1.16. The van der Waals surface area contributed by atoms with E-state index in [1.165, 1.54) is 12.8 Å². The Balaban J connectivity index is 1.65. The highest BCUT2D eigenvalue weighted by molar-refractivity contribution is 5.97. The van der Waals surface area contributed by atoms with Gasteiger partial charge in [-0.1, -0.05) is 12.8 Å². The summed E-state index contributed by atoms with van der Waals surface area (Å²) in [7, 11) is 2.05. The number of carbonyl (C=O) groups excluding carboxylic acids is 1. The number of aromatic nitrogens is 2. The third-order valence-corrected chi connectivity index (χ3v) is 5.87. The molecule has 7 nitrogen and oxygen atoms in total. The number of imidazole rings is 1. The number of nitrogens with two attached hydrogens (primary N) is 1. The number of piperazine rings is 1. The fourth-order valence-electron chi connectivity index (χ4n) is 4.43. The Labute approximate surface area is 152 Å². The molecule has 0 bridgehead atoms. The van der Waals surface area contributed by atoms with Crippen LogP contribution in [0.5, 0.6) is 0 Å². The molecular weight excluding hydrogens is 330 g/mol. The number of benzene rings is 1. The van der Waals surface area contributed by atoms with Crippen molar-refractivity contribution >= 4 is 16.9 Å². The van der Waals surface area contributed by atoms with E-state index in [9.17, 15) is 9.59 Å². The Bertz CT molecular complexity index is 864. The zero-order valence-electron chi connectivity index (χ0n) is 15.3. The average Bonchev–Trinajstić information content (AvgIpc) is 3.26. The molecule has 1 saturated carbocycles. The van der Waals surface area contributed by atoms with Gasteiger partial charge in [0.05, 0.1) is 17.1 Å². The molecule has 1 aromatic carbocycles. The van der Waals surface area contributed by atoms with E-state index >= 15 is 0 Å². The summed E-state index contributed by atoms with van der Waals surface area (Å²) >= 11 is 0. The molecule has 7 heteroatoms. The summed E-state index contributed by atoms with van der Waals surface area (Å²) in [6.07, 6.45) is 4.44. The van der Waals surface area contributed by atoms with Crippen LogP contribution in [0, 0.1) is 0 Å². The van der Waals surface area contributed by atoms with Crippen LogP contribution in [0.15, 0.2) is 23.0 Å². The van der Waals surface area contributed by atoms with Crippen LogP contribution < -0.4 is 11.4 Å². The number of aromatic amines is 1. The predicted molar refractivity (Wildman–Crippen MR) is 101 cm³/mol. The maximum absolute atomic E-state index is 13.0. The summed E-state index contributed by atoms with van der Waals surface area (Å²) in [5.74, 6) is -0.00934. The van der Waals surface area contributed by atoms with Gasteiger partial charge in [0.1, 0.15) is 0 Å². The van der Waals surface area contributed by atoms with Crippen molar-refractivity contribution < 1.29 is 4.79 Å². The summed E-state index contributed by atoms with van der Waals surface area (Å²) in [5.41, 5.74) is 8.06. The van der Waals surface area contributed by atoms with Gasteiger partial charge >= 0.3 is 5.69 Å². The summed E-state index contributed by atoms with van der Waals surface area (Å²) in [4.78, 5) is 32.5. The van der Waals surface area contributed by atoms with Gasteiger partial charge < -0.3 is 20.5 Å². The summed E-state index contributed by atoms with van der Waals surface area (Å²) in [6.45, 7) is 2.76. The minimum Gasteiger partial charge on any atom is -0.332 e. The van der Waals surface area contributed by atoms with Crippen molar-refractivity contribution in [1.29, 1.82) is 0 Å². The zero-order chi connectivity index (χ0) is 18.3. The highest BCUT2D eigenvalue weighted by atomic mass is 16.2. The lowest BCUT2D eigenvalue weighted by atomic mass is 10.1. The average molecular weight is 357 g/mol. The van der Waals surface area contributed by atoms with E-state index in [0.29, 0.717) is 18.7 Å². The Morgan fingerprint density at radius 3 is 2.77 bits per heavy atom. The van der Waals surface area contributed by atoms with E-state index in [1.54, 1.807) is 0 Å². The van der Waals surface area contributed by atoms with Crippen molar-refractivity contribution in [3.05, 3.63) is 34.2 Å². The van der Waals surface area contributed by atoms with Gasteiger partial charge in [-0.2, -0.15) is 0 Å². The number of rotatable bonds is 3. The second-order valence-electron chi connectivity index (χ2n) is 7.62. The lowest BCUT2D eigenvalue weighted by molar-refractivity contribution is 0.0516. The van der Waals surface area contributed by atoms with Gasteiger partial charge in [-0.15, -0.1) is 0 Å². The molecule has 1 aromatic heterocycles. The van der Waals surface area contributed by atoms with E-state index in [1.807, 2.05) is 34.7 Å². The maximum Gasteiger partial charge on any atom is 0.326 e. The maximum atomic E-state index is 13.0. The largest absolute Gasteiger partial charge is 0.332 e. The molecule has 26 heavy (non-hydrogen) atoms. The Morgan fingerprint density at radius 1 is 1.27 bits per heavy atom. The van der Waals surface area contributed by atoms with Gasteiger partial charge in [-0.3, -0.25) is 9.36 Å². The highest BCUT2D eigenvalue weighted by Crippen LogP contribution is 2.31. The number of likely N-dealkylation sites (N-methyl/N-ethyl adjacent to an activating group) is 1. The van der Waals surface area contributed by atoms with Crippen LogP contribution in [0.3, 0.4) is 0 Å². The van der Waals surface area contributed by atoms with E-state index in [4.69, 9.17) is 5.73 Å². The number of fused-ring (bicyclic) bond motifs is 1. The van der Waals surface area contributed by atoms with Gasteiger partial charge in [-0.05, 0) is 38.1 Å². The summed E-state index contributed by atoms with van der Waals surface area (Å²) in [6, 6.07) is 5.87. The molecule has 2 fully saturated rings. The first-order valence-corrected chi connectivity index (χ1v) is 9.52. The second-order valence-corrected chi connectivity index (χ2v) is 7.62. The molecule has 2 aromatic rings. The van der Waals surface area contributed by atoms with E-state index in [0.717, 1.165) is 37.0 Å². The Hall–Kier alpha value is -2.12. The molecule has 1 aliphatic heterocycles. The molecule has 2 heterocycles. The van der Waals surface area contributed by atoms with Crippen LogP contribution in [0.1, 0.15) is 42.1 Å². The van der Waals surface area contributed by atoms with Gasteiger partial charge in [0.15, 0.2) is 0 Å². The van der Waals surface area contributed by atoms with Crippen LogP contribution in [-0.2, 0) is 0 Å². The number of nitrogens with one attached hydrogen (secondary N) is 1. The molecule has 140 valence electrons. The molecule has 1 atom stereocenters. The third-order valence-electron chi connectivity index (χ3n) is 5.87. The first kappa shape index (κ1) is 17.3. The lowest BCUT2D eigenvalue weighted by Crippen LogP contribution is -2.56. The molecule has 1 amide bonds. The SMILES string of the molecule is CN1CCN(C(=O)c2ccc3c(c2)[nH]c(=O)n3C2CCCC2)C(CN)C1. The van der Waals surface area contributed by atoms with Crippen LogP contribution in [0.25, 0.3) is 11.0 Å². The van der Waals surface area contributed by atoms with Crippen molar-refractivity contribution in [2.45, 2.75) is 37.8 Å². The smallest absolute Gasteiger partial charge is 0.326 e. The molecule has 0 radical (unpaired) electrons. The minimum atomic E-state index is -0.0732. The number of carbonyl (C=O) groups is 1. The van der Waals surface area contributed by atoms with Gasteiger partial charge in [0.25, 0.3) is 5.91 Å². The number of hydrogen-bond donors (Lipinski definition) is 2. The normalized spacial score (nSPS) is 22.4. The van der Waals surface area contributed by atoms with E-state index in [2.05, 4.69) is 9.88 Å². The monoisotopic (exact) mass is 357 g/mol. The highest BCUT2D eigenvalue weighted by Gasteiger charge is 2.29. The Kier molecular flexibility index (Phi) is 4.58. The number of H-pyrrole nitrogens is 1. The molecular formula is C19H27N5O2. The van der Waals surface area contributed by atoms with E-state index < -0.39 is 0 Å². The Morgan fingerprint density at radius 2 is 2.04 bits per heavy atom. The van der Waals surface area contributed by atoms with Gasteiger partial charge in [-0.25, -0.2) is 4.79 Å². The third kappa shape index (κ3) is 2.95. The van der Waals surface area contributed by atoms with Gasteiger partial charge in [0.2, 0.25) is 0 Å². The fraction of sp³-hybridized carbons (Fsp3) is 0.579. The number of amides is 1. The van der Waals surface area contributed by atoms with Crippen molar-refractivity contribution in [1.82, 2.24) is 19.4 Å². The topological polar surface area (TPSA) is 87.4 Å². The van der Waals surface area contributed by atoms with Crippen molar-refractivity contribution in [3.8, 4) is 0 Å². The molecule has 4 rings (SSSR count). The molecule has 2 aliphatic rings. The van der Waals surface area contributed by atoms with E-state index in [-0.39, 0.29) is 23.7 Å². The van der Waals surface area contributed by atoms with Crippen molar-refractivity contribution in [2.24, 2.45) is 5.73 Å². The molecule has 0 spiro atoms. The molecule has 1 saturated heterocycles. The van der Waals surface area contributed by atoms with Crippen LogP contribution >= 0.6 is 0 Å². The van der Waals surface area contributed by atoms with Gasteiger partial charge in [0, 0.05) is 37.8 Å². The number of nitrogens with zero attached hydrogens (tertiary/aromatic N) is 3. The summed E-state index contributed by atoms with van der Waals surface area (Å²) in [5, 5.41) is 0. The standard InChI is InChI=1S/C19H27N5O2/c1-22-8-9-23(15(11-20)12-22)18(25)13-6-7-17-16(10-13)21-19(26)24(17)14-4-2-3-5-14/h6-7,10,14-15H,2-5,8-9,11-12,20H2,1H3,(H,21,26). The van der Waals surface area contributed by atoms with Crippen LogP contribution in [0.4, 0.5) is 0 Å².